The van der Waals surface area contributed by atoms with Crippen LogP contribution in [0.1, 0.15) is 10.4 Å². The van der Waals surface area contributed by atoms with Gasteiger partial charge in [-0.1, -0.05) is 47.5 Å². The Morgan fingerprint density at radius 2 is 1.73 bits per heavy atom. The smallest absolute Gasteiger partial charge is 0.264 e. The summed E-state index contributed by atoms with van der Waals surface area (Å²) < 4.78 is 28.2. The van der Waals surface area contributed by atoms with Gasteiger partial charge < -0.3 is 5.32 Å². The molecule has 30 heavy (non-hydrogen) atoms. The summed E-state index contributed by atoms with van der Waals surface area (Å²) in [5.74, 6) is -0.393. The summed E-state index contributed by atoms with van der Waals surface area (Å²) in [6.45, 7) is 0. The van der Waals surface area contributed by atoms with Gasteiger partial charge in [0.1, 0.15) is 0 Å². The van der Waals surface area contributed by atoms with Gasteiger partial charge in [-0.05, 0) is 30.3 Å². The number of carbonyl (C=O) groups excluding carboxylic acids is 1. The number of benzene rings is 3. The molecule has 0 fully saturated rings. The van der Waals surface area contributed by atoms with Crippen LogP contribution < -0.4 is 10.0 Å². The minimum Gasteiger partial charge on any atom is -0.321 e. The predicted molar refractivity (Wildman–Crippen MR) is 121 cm³/mol. The van der Waals surface area contributed by atoms with Gasteiger partial charge in [0.15, 0.2) is 5.13 Å². The Morgan fingerprint density at radius 1 is 0.967 bits per heavy atom. The van der Waals surface area contributed by atoms with Gasteiger partial charge in [0.2, 0.25) is 0 Å². The number of nitrogens with zero attached hydrogens (tertiary/aromatic N) is 1. The quantitative estimate of drug-likeness (QED) is 0.388. The summed E-state index contributed by atoms with van der Waals surface area (Å²) >= 11 is 13.1. The lowest BCUT2D eigenvalue weighted by Gasteiger charge is -2.13. The molecule has 3 aromatic carbocycles. The number of aromatic nitrogens is 1. The van der Waals surface area contributed by atoms with Gasteiger partial charge in [-0.3, -0.25) is 9.52 Å². The van der Waals surface area contributed by atoms with Crippen molar-refractivity contribution in [1.29, 1.82) is 0 Å². The van der Waals surface area contributed by atoms with E-state index in [0.29, 0.717) is 27.0 Å². The Balaban J connectivity index is 1.72. The summed E-state index contributed by atoms with van der Waals surface area (Å²) in [5.41, 5.74) is 0.797. The van der Waals surface area contributed by atoms with Gasteiger partial charge in [-0.25, -0.2) is 13.4 Å². The summed E-state index contributed by atoms with van der Waals surface area (Å²) in [7, 11) is -3.86. The van der Waals surface area contributed by atoms with Gasteiger partial charge in [0, 0.05) is 33.6 Å². The van der Waals surface area contributed by atoms with Crippen LogP contribution in [-0.4, -0.2) is 19.3 Å². The maximum atomic E-state index is 12.9. The number of hydrogen-bond acceptors (Lipinski definition) is 5. The highest BCUT2D eigenvalue weighted by molar-refractivity contribution is 7.93. The number of hydrogen-bond donors (Lipinski definition) is 2. The first-order valence-corrected chi connectivity index (χ1v) is 11.7. The first-order chi connectivity index (χ1) is 14.3. The fraction of sp³-hybridized carbons (Fsp3) is 0. The number of fused-ring (bicyclic) bond motifs is 1. The van der Waals surface area contributed by atoms with E-state index in [1.807, 2.05) is 0 Å². The fourth-order valence-electron chi connectivity index (χ4n) is 2.90. The van der Waals surface area contributed by atoms with Gasteiger partial charge in [0.05, 0.1) is 14.9 Å². The second kappa shape index (κ2) is 8.23. The molecule has 0 spiro atoms. The third kappa shape index (κ3) is 4.13. The lowest BCUT2D eigenvalue weighted by Crippen LogP contribution is -2.14. The van der Waals surface area contributed by atoms with Crippen LogP contribution in [0.2, 0.25) is 10.0 Å². The SMILES string of the molecule is O=C(Nc1cccc2c(S(=O)(=O)Nc3nccs3)cccc12)c1ccc(Cl)c(Cl)c1. The third-order valence-electron chi connectivity index (χ3n) is 4.26. The molecule has 6 nitrogen and oxygen atoms in total. The average Bonchev–Trinajstić information content (AvgIpc) is 3.22. The van der Waals surface area contributed by atoms with Crippen LogP contribution in [0.25, 0.3) is 10.8 Å². The molecule has 0 saturated carbocycles. The van der Waals surface area contributed by atoms with E-state index in [1.165, 1.54) is 35.7 Å². The largest absolute Gasteiger partial charge is 0.321 e. The van der Waals surface area contributed by atoms with Crippen molar-refractivity contribution in [3.63, 3.8) is 0 Å². The van der Waals surface area contributed by atoms with E-state index in [4.69, 9.17) is 23.2 Å². The van der Waals surface area contributed by atoms with E-state index in [0.717, 1.165) is 0 Å². The summed E-state index contributed by atoms with van der Waals surface area (Å²) in [4.78, 5) is 16.7. The molecular formula is C20H13Cl2N3O3S2. The van der Waals surface area contributed by atoms with E-state index < -0.39 is 15.9 Å². The third-order valence-corrected chi connectivity index (χ3v) is 7.21. The van der Waals surface area contributed by atoms with Crippen molar-refractivity contribution in [2.45, 2.75) is 4.90 Å². The van der Waals surface area contributed by atoms with Crippen LogP contribution in [-0.2, 0) is 10.0 Å². The lowest BCUT2D eigenvalue weighted by atomic mass is 10.1. The van der Waals surface area contributed by atoms with Crippen molar-refractivity contribution in [3.05, 3.63) is 81.8 Å². The highest BCUT2D eigenvalue weighted by Gasteiger charge is 2.20. The van der Waals surface area contributed by atoms with Crippen LogP contribution in [0.5, 0.6) is 0 Å². The zero-order valence-electron chi connectivity index (χ0n) is 15.1. The van der Waals surface area contributed by atoms with Crippen LogP contribution in [0.15, 0.2) is 71.1 Å². The second-order valence-corrected chi connectivity index (χ2v) is 9.54. The van der Waals surface area contributed by atoms with Gasteiger partial charge in [-0.2, -0.15) is 0 Å². The zero-order chi connectivity index (χ0) is 21.3. The van der Waals surface area contributed by atoms with Crippen LogP contribution in [0.4, 0.5) is 10.8 Å². The highest BCUT2D eigenvalue weighted by atomic mass is 35.5. The monoisotopic (exact) mass is 477 g/mol. The van der Waals surface area contributed by atoms with Gasteiger partial charge in [0.25, 0.3) is 15.9 Å². The lowest BCUT2D eigenvalue weighted by molar-refractivity contribution is 0.102. The van der Waals surface area contributed by atoms with Gasteiger partial charge >= 0.3 is 0 Å². The van der Waals surface area contributed by atoms with Gasteiger partial charge in [-0.15, -0.1) is 11.3 Å². The average molecular weight is 478 g/mol. The van der Waals surface area contributed by atoms with Crippen molar-refractivity contribution in [1.82, 2.24) is 4.98 Å². The van der Waals surface area contributed by atoms with E-state index in [2.05, 4.69) is 15.0 Å². The minimum atomic E-state index is -3.86. The van der Waals surface area contributed by atoms with Crippen molar-refractivity contribution >= 4 is 72.1 Å². The van der Waals surface area contributed by atoms with E-state index >= 15 is 0 Å². The number of sulfonamides is 1. The molecule has 1 heterocycles. The first kappa shape index (κ1) is 20.6. The van der Waals surface area contributed by atoms with Crippen LogP contribution >= 0.6 is 34.5 Å². The molecule has 0 saturated heterocycles. The van der Waals surface area contributed by atoms with Crippen molar-refractivity contribution < 1.29 is 13.2 Å². The highest BCUT2D eigenvalue weighted by Crippen LogP contribution is 2.31. The maximum Gasteiger partial charge on any atom is 0.264 e. The van der Waals surface area contributed by atoms with Crippen molar-refractivity contribution in [2.75, 3.05) is 10.0 Å². The van der Waals surface area contributed by atoms with Crippen molar-refractivity contribution in [2.24, 2.45) is 0 Å². The van der Waals surface area contributed by atoms with E-state index in [-0.39, 0.29) is 15.0 Å². The molecule has 0 radical (unpaired) electrons. The maximum absolute atomic E-state index is 12.9. The molecule has 152 valence electrons. The summed E-state index contributed by atoms with van der Waals surface area (Å²) in [5, 5.41) is 6.42. The number of carbonyl (C=O) groups is 1. The van der Waals surface area contributed by atoms with E-state index in [1.54, 1.807) is 41.8 Å². The Bertz CT molecular complexity index is 1360. The molecule has 1 amide bonds. The van der Waals surface area contributed by atoms with Crippen LogP contribution in [0.3, 0.4) is 0 Å². The Morgan fingerprint density at radius 3 is 2.47 bits per heavy atom. The molecule has 4 aromatic rings. The Labute approximate surface area is 186 Å². The molecular weight excluding hydrogens is 465 g/mol. The van der Waals surface area contributed by atoms with E-state index in [9.17, 15) is 13.2 Å². The molecule has 0 bridgehead atoms. The number of amides is 1. The topological polar surface area (TPSA) is 88.2 Å². The van der Waals surface area contributed by atoms with Crippen LogP contribution in [0, 0.1) is 0 Å². The summed E-state index contributed by atoms with van der Waals surface area (Å²) in [6, 6.07) is 14.5. The van der Waals surface area contributed by atoms with Crippen molar-refractivity contribution in [3.8, 4) is 0 Å². The summed E-state index contributed by atoms with van der Waals surface area (Å²) in [6.07, 6.45) is 1.52. The Hall–Kier alpha value is -2.65. The number of thiazole rings is 1. The zero-order valence-corrected chi connectivity index (χ0v) is 18.2. The number of nitrogens with one attached hydrogen (secondary N) is 2. The molecule has 1 aromatic heterocycles. The predicted octanol–water partition coefficient (Wildman–Crippen LogP) is 5.66. The molecule has 0 atom stereocenters. The number of halogens is 2. The second-order valence-electron chi connectivity index (χ2n) is 6.18. The standard InChI is InChI=1S/C20H13Cl2N3O3S2/c21-15-8-7-12(11-16(15)22)19(26)24-17-5-1-4-14-13(17)3-2-6-18(14)30(27,28)25-20-23-9-10-29-20/h1-11H,(H,23,25)(H,24,26). The molecule has 0 aliphatic heterocycles. The molecule has 0 aliphatic rings. The minimum absolute atomic E-state index is 0.0841. The number of anilines is 2. The Kier molecular flexibility index (Phi) is 5.66. The number of rotatable bonds is 5. The molecule has 0 aliphatic carbocycles. The molecule has 10 heteroatoms. The molecule has 2 N–H and O–H groups in total. The fourth-order valence-corrected chi connectivity index (χ4v) is 5.21. The molecule has 0 unspecified atom stereocenters. The normalized spacial score (nSPS) is 11.4. The molecule has 4 rings (SSSR count). The first-order valence-electron chi connectivity index (χ1n) is 8.55.